The molecule has 0 saturated carbocycles. The third-order valence-electron chi connectivity index (χ3n) is 3.25. The predicted octanol–water partition coefficient (Wildman–Crippen LogP) is 3.80. The molecule has 0 aliphatic carbocycles. The van der Waals surface area contributed by atoms with Crippen LogP contribution >= 0.6 is 11.6 Å². The van der Waals surface area contributed by atoms with Crippen LogP contribution in [0.2, 0.25) is 5.02 Å². The van der Waals surface area contributed by atoms with Crippen LogP contribution in [0.4, 0.5) is 0 Å². The van der Waals surface area contributed by atoms with Gasteiger partial charge in [0.05, 0.1) is 10.6 Å². The average Bonchev–Trinajstić information content (AvgIpc) is 2.55. The van der Waals surface area contributed by atoms with Crippen molar-refractivity contribution in [3.05, 3.63) is 77.3 Å². The van der Waals surface area contributed by atoms with E-state index in [2.05, 4.69) is 6.58 Å². The van der Waals surface area contributed by atoms with Crippen LogP contribution < -0.4 is 0 Å². The van der Waals surface area contributed by atoms with Crippen LogP contribution in [-0.4, -0.2) is 22.6 Å². The molecule has 7 heteroatoms. The van der Waals surface area contributed by atoms with Gasteiger partial charge in [0.2, 0.25) is 0 Å². The molecule has 4 nitrogen and oxygen atoms in total. The van der Waals surface area contributed by atoms with E-state index in [9.17, 15) is 16.8 Å². The topological polar surface area (TPSA) is 68.3 Å². The molecule has 0 fully saturated rings. The number of hydrogen-bond donors (Lipinski definition) is 0. The van der Waals surface area contributed by atoms with E-state index in [1.165, 1.54) is 30.3 Å². The quantitative estimate of drug-likeness (QED) is 0.712. The van der Waals surface area contributed by atoms with E-state index in [1.54, 1.807) is 24.3 Å². The maximum absolute atomic E-state index is 12.2. The minimum atomic E-state index is -4.48. The van der Waals surface area contributed by atoms with Crippen molar-refractivity contribution in [1.29, 1.82) is 0 Å². The van der Waals surface area contributed by atoms with Gasteiger partial charge in [0, 0.05) is 5.02 Å². The van der Waals surface area contributed by atoms with Crippen molar-refractivity contribution < 1.29 is 16.8 Å². The van der Waals surface area contributed by atoms with Gasteiger partial charge in [-0.25, -0.2) is 16.8 Å². The van der Waals surface area contributed by atoms with Gasteiger partial charge >= 0.3 is 0 Å². The van der Waals surface area contributed by atoms with Gasteiger partial charge in [0.15, 0.2) is 0 Å². The minimum Gasteiger partial charge on any atom is -0.212 e. The van der Waals surface area contributed by atoms with Gasteiger partial charge in [-0.1, -0.05) is 60.7 Å². The van der Waals surface area contributed by atoms with Crippen LogP contribution in [0.1, 0.15) is 11.1 Å². The van der Waals surface area contributed by atoms with Gasteiger partial charge in [-0.05, 0) is 35.4 Å². The Hall–Kier alpha value is -1.89. The van der Waals surface area contributed by atoms with Crippen LogP contribution in [-0.2, 0) is 17.7 Å². The molecule has 0 radical (unpaired) electrons. The van der Waals surface area contributed by atoms with E-state index < -0.39 is 23.5 Å². The fourth-order valence-corrected chi connectivity index (χ4v) is 5.36. The largest absolute Gasteiger partial charge is 0.282 e. The Morgan fingerprint density at radius 1 is 0.917 bits per heavy atom. The molecule has 2 aromatic rings. The molecule has 0 aliphatic heterocycles. The zero-order valence-corrected chi connectivity index (χ0v) is 15.0. The predicted molar refractivity (Wildman–Crippen MR) is 98.0 cm³/mol. The summed E-state index contributed by atoms with van der Waals surface area (Å²) in [6.45, 7) is 3.68. The monoisotopic (exact) mass is 382 g/mol. The molecule has 0 aromatic heterocycles. The van der Waals surface area contributed by atoms with Crippen molar-refractivity contribution >= 4 is 41.5 Å². The summed E-state index contributed by atoms with van der Waals surface area (Å²) in [6, 6.07) is 12.2. The lowest BCUT2D eigenvalue weighted by atomic mass is 10.1. The average molecular weight is 383 g/mol. The summed E-state index contributed by atoms with van der Waals surface area (Å²) >= 11 is 5.69. The minimum absolute atomic E-state index is 0.299. The van der Waals surface area contributed by atoms with Crippen LogP contribution in [0.15, 0.2) is 66.1 Å². The van der Waals surface area contributed by atoms with E-state index >= 15 is 0 Å². The van der Waals surface area contributed by atoms with Crippen molar-refractivity contribution in [2.45, 2.75) is 4.90 Å². The Morgan fingerprint density at radius 2 is 1.50 bits per heavy atom. The zero-order chi connectivity index (χ0) is 17.8. The van der Waals surface area contributed by atoms with Gasteiger partial charge in [-0.15, -0.1) is 0 Å². The first-order chi connectivity index (χ1) is 11.3. The Morgan fingerprint density at radius 3 is 2.08 bits per heavy atom. The third-order valence-corrected chi connectivity index (χ3v) is 8.61. The summed E-state index contributed by atoms with van der Waals surface area (Å²) in [5.41, 5.74) is 1.58. The number of halogens is 1. The van der Waals surface area contributed by atoms with Crippen molar-refractivity contribution in [3.63, 3.8) is 0 Å². The molecule has 0 atom stereocenters. The first-order valence-electron chi connectivity index (χ1n) is 6.89. The number of hydrogen-bond acceptors (Lipinski definition) is 4. The molecule has 0 saturated heterocycles. The molecule has 126 valence electrons. The van der Waals surface area contributed by atoms with E-state index in [0.29, 0.717) is 5.02 Å². The maximum Gasteiger partial charge on any atom is 0.282 e. The molecule has 0 N–H and O–H groups in total. The summed E-state index contributed by atoms with van der Waals surface area (Å²) < 4.78 is 48.9. The molecule has 2 rings (SSSR count). The van der Waals surface area contributed by atoms with Gasteiger partial charge in [-0.3, -0.25) is 0 Å². The standard InChI is InChI=1S/C17H15ClO4S2/c1-2-14-6-3-4-7-15(14)8-5-13-23(19,20)24(21,22)17-11-9-16(18)10-12-17/h2-12H,1,13H2/b8-5-. The molecular formula is C17H15ClO4S2. The molecule has 0 aliphatic rings. The van der Waals surface area contributed by atoms with Crippen LogP contribution in [0.25, 0.3) is 12.2 Å². The van der Waals surface area contributed by atoms with Crippen molar-refractivity contribution in [2.24, 2.45) is 0 Å². The first kappa shape index (κ1) is 18.4. The van der Waals surface area contributed by atoms with Crippen LogP contribution in [0, 0.1) is 0 Å². The highest BCUT2D eigenvalue weighted by Gasteiger charge is 2.30. The maximum atomic E-state index is 12.2. The zero-order valence-electron chi connectivity index (χ0n) is 12.6. The number of benzene rings is 2. The Balaban J connectivity index is 2.26. The van der Waals surface area contributed by atoms with Gasteiger partial charge in [-0.2, -0.15) is 0 Å². The van der Waals surface area contributed by atoms with Crippen LogP contribution in [0.3, 0.4) is 0 Å². The second kappa shape index (κ2) is 7.34. The second-order valence-corrected chi connectivity index (χ2v) is 11.0. The van der Waals surface area contributed by atoms with Crippen molar-refractivity contribution in [3.8, 4) is 0 Å². The Kier molecular flexibility index (Phi) is 5.64. The normalized spacial score (nSPS) is 12.4. The van der Waals surface area contributed by atoms with E-state index in [4.69, 9.17) is 11.6 Å². The smallest absolute Gasteiger partial charge is 0.212 e. The Labute approximate surface area is 146 Å². The lowest BCUT2D eigenvalue weighted by Gasteiger charge is -2.05. The van der Waals surface area contributed by atoms with E-state index in [1.807, 2.05) is 12.1 Å². The third kappa shape index (κ3) is 3.95. The van der Waals surface area contributed by atoms with Gasteiger partial charge in [0.1, 0.15) is 0 Å². The summed E-state index contributed by atoms with van der Waals surface area (Å²) in [4.78, 5) is -0.299. The van der Waals surface area contributed by atoms with Gasteiger partial charge in [0.25, 0.3) is 17.7 Å². The molecular weight excluding hydrogens is 368 g/mol. The first-order valence-corrected chi connectivity index (χ1v) is 10.9. The highest BCUT2D eigenvalue weighted by molar-refractivity contribution is 8.67. The number of rotatable bonds is 6. The lowest BCUT2D eigenvalue weighted by Crippen LogP contribution is -2.18. The molecule has 0 unspecified atom stereocenters. The lowest BCUT2D eigenvalue weighted by molar-refractivity contribution is 0.584. The Bertz CT molecular complexity index is 974. The molecule has 24 heavy (non-hydrogen) atoms. The summed E-state index contributed by atoms with van der Waals surface area (Å²) in [6.07, 6.45) is 4.51. The molecule has 0 amide bonds. The fraction of sp³-hybridized carbons (Fsp3) is 0.0588. The van der Waals surface area contributed by atoms with Gasteiger partial charge < -0.3 is 0 Å². The summed E-state index contributed by atoms with van der Waals surface area (Å²) in [5, 5.41) is 0.326. The highest BCUT2D eigenvalue weighted by atomic mass is 35.5. The summed E-state index contributed by atoms with van der Waals surface area (Å²) in [7, 11) is -8.88. The fourth-order valence-electron chi connectivity index (χ4n) is 1.98. The van der Waals surface area contributed by atoms with Crippen LogP contribution in [0.5, 0.6) is 0 Å². The molecule has 2 aromatic carbocycles. The molecule has 0 heterocycles. The van der Waals surface area contributed by atoms with E-state index in [-0.39, 0.29) is 4.90 Å². The van der Waals surface area contributed by atoms with Crippen molar-refractivity contribution in [1.82, 2.24) is 0 Å². The second-order valence-electron chi connectivity index (χ2n) is 4.87. The molecule has 0 bridgehead atoms. The van der Waals surface area contributed by atoms with Crippen molar-refractivity contribution in [2.75, 3.05) is 5.75 Å². The SMILES string of the molecule is C=Cc1ccccc1/C=C\CS(=O)(=O)S(=O)(=O)c1ccc(Cl)cc1. The molecule has 0 spiro atoms. The summed E-state index contributed by atoms with van der Waals surface area (Å²) in [5.74, 6) is -0.622. The van der Waals surface area contributed by atoms with E-state index in [0.717, 1.165) is 11.1 Å². The highest BCUT2D eigenvalue weighted by Crippen LogP contribution is 2.21.